The van der Waals surface area contributed by atoms with E-state index >= 15 is 0 Å². The first-order chi connectivity index (χ1) is 12.6. The average molecular weight is 358 g/mol. The Morgan fingerprint density at radius 1 is 0.962 bits per heavy atom. The van der Waals surface area contributed by atoms with Gasteiger partial charge < -0.3 is 29.6 Å². The molecule has 0 fully saturated rings. The van der Waals surface area contributed by atoms with E-state index in [4.69, 9.17) is 18.9 Å². The molecule has 2 N–H and O–H groups in total. The van der Waals surface area contributed by atoms with Crippen molar-refractivity contribution in [1.82, 2.24) is 0 Å². The van der Waals surface area contributed by atoms with Crippen molar-refractivity contribution in [2.24, 2.45) is 0 Å². The van der Waals surface area contributed by atoms with E-state index in [2.05, 4.69) is 10.6 Å². The summed E-state index contributed by atoms with van der Waals surface area (Å²) < 4.78 is 20.8. The Morgan fingerprint density at radius 3 is 2.50 bits per heavy atom. The first kappa shape index (κ1) is 17.4. The highest BCUT2D eigenvalue weighted by Gasteiger charge is 2.16. The summed E-state index contributed by atoms with van der Waals surface area (Å²) in [4.78, 5) is 24.2. The van der Waals surface area contributed by atoms with Gasteiger partial charge in [0.1, 0.15) is 17.9 Å². The van der Waals surface area contributed by atoms with Gasteiger partial charge in [-0.1, -0.05) is 0 Å². The highest BCUT2D eigenvalue weighted by Crippen LogP contribution is 2.34. The number of hydrogen-bond acceptors (Lipinski definition) is 6. The number of amides is 2. The minimum Gasteiger partial charge on any atom is -0.497 e. The van der Waals surface area contributed by atoms with Gasteiger partial charge in [0.15, 0.2) is 11.5 Å². The molecule has 3 rings (SSSR count). The van der Waals surface area contributed by atoms with Crippen LogP contribution in [-0.4, -0.2) is 32.8 Å². The smallest absolute Gasteiger partial charge is 0.233 e. The third kappa shape index (κ3) is 3.97. The van der Waals surface area contributed by atoms with Gasteiger partial charge in [-0.2, -0.15) is 0 Å². The van der Waals surface area contributed by atoms with Gasteiger partial charge in [-0.15, -0.1) is 0 Å². The van der Waals surface area contributed by atoms with Gasteiger partial charge in [0.25, 0.3) is 0 Å². The number of benzene rings is 2. The number of anilines is 2. The van der Waals surface area contributed by atoms with Gasteiger partial charge in [0.05, 0.1) is 19.9 Å². The molecule has 26 heavy (non-hydrogen) atoms. The third-order valence-corrected chi connectivity index (χ3v) is 3.66. The number of methoxy groups -OCH3 is 2. The number of hydrogen-bond donors (Lipinski definition) is 2. The van der Waals surface area contributed by atoms with Gasteiger partial charge in [-0.3, -0.25) is 9.59 Å². The lowest BCUT2D eigenvalue weighted by Gasteiger charge is -2.12. The zero-order valence-corrected chi connectivity index (χ0v) is 14.3. The van der Waals surface area contributed by atoms with Crippen LogP contribution in [0, 0.1) is 0 Å². The number of rotatable bonds is 6. The van der Waals surface area contributed by atoms with Crippen LogP contribution in [0.4, 0.5) is 11.4 Å². The lowest BCUT2D eigenvalue weighted by molar-refractivity contribution is -0.123. The van der Waals surface area contributed by atoms with Crippen molar-refractivity contribution in [2.75, 3.05) is 31.6 Å². The molecule has 1 aliphatic heterocycles. The van der Waals surface area contributed by atoms with Crippen molar-refractivity contribution in [3.63, 3.8) is 0 Å². The number of fused-ring (bicyclic) bond motifs is 1. The van der Waals surface area contributed by atoms with Crippen molar-refractivity contribution < 1.29 is 28.5 Å². The fourth-order valence-electron chi connectivity index (χ4n) is 2.43. The van der Waals surface area contributed by atoms with E-state index < -0.39 is 11.8 Å². The van der Waals surface area contributed by atoms with Gasteiger partial charge in [0.2, 0.25) is 18.6 Å². The summed E-state index contributed by atoms with van der Waals surface area (Å²) in [5.41, 5.74) is 0.943. The van der Waals surface area contributed by atoms with Gasteiger partial charge in [-0.25, -0.2) is 0 Å². The number of carbonyl (C=O) groups is 2. The third-order valence-electron chi connectivity index (χ3n) is 3.66. The maximum atomic E-state index is 12.2. The van der Waals surface area contributed by atoms with E-state index in [1.165, 1.54) is 14.2 Å². The molecule has 2 aromatic carbocycles. The Kier molecular flexibility index (Phi) is 5.12. The van der Waals surface area contributed by atoms with E-state index in [0.29, 0.717) is 34.4 Å². The summed E-state index contributed by atoms with van der Waals surface area (Å²) in [6.45, 7) is 0.150. The lowest BCUT2D eigenvalue weighted by Crippen LogP contribution is -2.21. The fraction of sp³-hybridized carbons (Fsp3) is 0.222. The van der Waals surface area contributed by atoms with Crippen LogP contribution < -0.4 is 29.6 Å². The van der Waals surface area contributed by atoms with E-state index in [9.17, 15) is 9.59 Å². The van der Waals surface area contributed by atoms with Gasteiger partial charge in [-0.05, 0) is 24.3 Å². The van der Waals surface area contributed by atoms with Crippen molar-refractivity contribution in [3.05, 3.63) is 36.4 Å². The van der Waals surface area contributed by atoms with Crippen LogP contribution in [0.5, 0.6) is 23.0 Å². The SMILES string of the molecule is COc1ccc(OC)c(NC(=O)CC(=O)Nc2ccc3c(c2)OCO3)c1. The van der Waals surface area contributed by atoms with Crippen molar-refractivity contribution >= 4 is 23.2 Å². The molecule has 0 spiro atoms. The molecule has 136 valence electrons. The second kappa shape index (κ2) is 7.64. The molecule has 0 atom stereocenters. The first-order valence-electron chi connectivity index (χ1n) is 7.80. The predicted molar refractivity (Wildman–Crippen MR) is 94.0 cm³/mol. The summed E-state index contributed by atoms with van der Waals surface area (Å²) in [6, 6.07) is 10.0. The monoisotopic (exact) mass is 358 g/mol. The lowest BCUT2D eigenvalue weighted by atomic mass is 10.2. The molecule has 8 heteroatoms. The molecule has 8 nitrogen and oxygen atoms in total. The highest BCUT2D eigenvalue weighted by atomic mass is 16.7. The van der Waals surface area contributed by atoms with Crippen LogP contribution in [0.25, 0.3) is 0 Å². The normalized spacial score (nSPS) is 11.6. The van der Waals surface area contributed by atoms with Crippen LogP contribution in [-0.2, 0) is 9.59 Å². The molecule has 2 amide bonds. The van der Waals surface area contributed by atoms with Crippen LogP contribution in [0.15, 0.2) is 36.4 Å². The summed E-state index contributed by atoms with van der Waals surface area (Å²) in [5.74, 6) is 1.26. The molecule has 2 aromatic rings. The molecule has 0 bridgehead atoms. The summed E-state index contributed by atoms with van der Waals surface area (Å²) in [6.07, 6.45) is -0.352. The molecule has 0 saturated heterocycles. The molecular formula is C18H18N2O6. The van der Waals surface area contributed by atoms with Crippen LogP contribution in [0.2, 0.25) is 0 Å². The van der Waals surface area contributed by atoms with Crippen LogP contribution >= 0.6 is 0 Å². The zero-order valence-electron chi connectivity index (χ0n) is 14.3. The predicted octanol–water partition coefficient (Wildman–Crippen LogP) is 2.40. The van der Waals surface area contributed by atoms with E-state index in [1.807, 2.05) is 0 Å². The Labute approximate surface area is 150 Å². The molecular weight excluding hydrogens is 340 g/mol. The second-order valence-electron chi connectivity index (χ2n) is 5.41. The van der Waals surface area contributed by atoms with Gasteiger partial charge in [0, 0.05) is 17.8 Å². The Morgan fingerprint density at radius 2 is 1.73 bits per heavy atom. The first-order valence-corrected chi connectivity index (χ1v) is 7.80. The molecule has 1 heterocycles. The standard InChI is InChI=1S/C18H18N2O6/c1-23-12-4-6-14(24-2)13(8-12)20-18(22)9-17(21)19-11-3-5-15-16(7-11)26-10-25-15/h3-8H,9-10H2,1-2H3,(H,19,21)(H,20,22). The number of ether oxygens (including phenoxy) is 4. The van der Waals surface area contributed by atoms with Crippen LogP contribution in [0.3, 0.4) is 0 Å². The summed E-state index contributed by atoms with van der Waals surface area (Å²) in [5, 5.41) is 5.29. The average Bonchev–Trinajstić information content (AvgIpc) is 3.09. The highest BCUT2D eigenvalue weighted by molar-refractivity contribution is 6.08. The van der Waals surface area contributed by atoms with E-state index in [0.717, 1.165) is 0 Å². The Bertz CT molecular complexity index is 836. The van der Waals surface area contributed by atoms with Gasteiger partial charge >= 0.3 is 0 Å². The number of nitrogens with one attached hydrogen (secondary N) is 2. The Hall–Kier alpha value is -3.42. The van der Waals surface area contributed by atoms with Crippen LogP contribution in [0.1, 0.15) is 6.42 Å². The van der Waals surface area contributed by atoms with E-state index in [1.54, 1.807) is 36.4 Å². The maximum Gasteiger partial charge on any atom is 0.233 e. The zero-order chi connectivity index (χ0) is 18.5. The Balaban J connectivity index is 1.60. The number of carbonyl (C=O) groups excluding carboxylic acids is 2. The quantitative estimate of drug-likeness (QED) is 0.770. The van der Waals surface area contributed by atoms with Crippen molar-refractivity contribution in [3.8, 4) is 23.0 Å². The molecule has 0 aromatic heterocycles. The second-order valence-corrected chi connectivity index (χ2v) is 5.41. The maximum absolute atomic E-state index is 12.2. The fourth-order valence-corrected chi connectivity index (χ4v) is 2.43. The topological polar surface area (TPSA) is 95.1 Å². The minimum atomic E-state index is -0.477. The molecule has 0 aliphatic carbocycles. The molecule has 0 radical (unpaired) electrons. The van der Waals surface area contributed by atoms with E-state index in [-0.39, 0.29) is 13.2 Å². The molecule has 0 saturated carbocycles. The van der Waals surface area contributed by atoms with Crippen molar-refractivity contribution in [2.45, 2.75) is 6.42 Å². The largest absolute Gasteiger partial charge is 0.497 e. The molecule has 0 unspecified atom stereocenters. The summed E-state index contributed by atoms with van der Waals surface area (Å²) >= 11 is 0. The van der Waals surface area contributed by atoms with Crippen molar-refractivity contribution in [1.29, 1.82) is 0 Å². The molecule has 1 aliphatic rings. The summed E-state index contributed by atoms with van der Waals surface area (Å²) in [7, 11) is 3.01. The minimum absolute atomic E-state index is 0.150.